The fourth-order valence-corrected chi connectivity index (χ4v) is 2.54. The molecule has 27 heavy (non-hydrogen) atoms. The van der Waals surface area contributed by atoms with Gasteiger partial charge in [0.15, 0.2) is 5.76 Å². The Balaban J connectivity index is 1.72. The molecule has 0 fully saturated rings. The zero-order valence-corrected chi connectivity index (χ0v) is 15.1. The normalized spacial score (nSPS) is 10.4. The summed E-state index contributed by atoms with van der Waals surface area (Å²) in [5, 5.41) is 5.61. The lowest BCUT2D eigenvalue weighted by molar-refractivity contribution is 0.0993. The second-order valence-electron chi connectivity index (χ2n) is 6.05. The number of anilines is 2. The van der Waals surface area contributed by atoms with E-state index in [-0.39, 0.29) is 17.6 Å². The summed E-state index contributed by atoms with van der Waals surface area (Å²) in [5.41, 5.74) is 3.54. The fraction of sp³-hybridized carbons (Fsp3) is 0.143. The van der Waals surface area contributed by atoms with E-state index in [1.165, 1.54) is 6.26 Å². The second kappa shape index (κ2) is 8.33. The Morgan fingerprint density at radius 2 is 1.78 bits per heavy atom. The highest BCUT2D eigenvalue weighted by Gasteiger charge is 2.13. The van der Waals surface area contributed by atoms with Crippen LogP contribution in [0.1, 0.15) is 32.0 Å². The van der Waals surface area contributed by atoms with Gasteiger partial charge < -0.3 is 19.8 Å². The number of rotatable bonds is 6. The van der Waals surface area contributed by atoms with E-state index in [9.17, 15) is 9.59 Å². The molecule has 138 valence electrons. The average molecular weight is 364 g/mol. The summed E-state index contributed by atoms with van der Waals surface area (Å²) in [6.45, 7) is 2.37. The van der Waals surface area contributed by atoms with E-state index in [0.717, 1.165) is 11.1 Å². The fourth-order valence-electron chi connectivity index (χ4n) is 2.54. The molecular formula is C21H20N2O4. The molecule has 1 heterocycles. The zero-order valence-electron chi connectivity index (χ0n) is 15.1. The second-order valence-corrected chi connectivity index (χ2v) is 6.05. The molecule has 0 bridgehead atoms. The summed E-state index contributed by atoms with van der Waals surface area (Å²) in [5.74, 6) is -0.419. The lowest BCUT2D eigenvalue weighted by Crippen LogP contribution is -2.15. The topological polar surface area (TPSA) is 80.6 Å². The number of carbonyl (C=O) groups excluding carboxylic acids is 2. The van der Waals surface area contributed by atoms with Crippen molar-refractivity contribution < 1.29 is 18.7 Å². The Morgan fingerprint density at radius 3 is 2.44 bits per heavy atom. The van der Waals surface area contributed by atoms with E-state index in [1.807, 2.05) is 31.2 Å². The summed E-state index contributed by atoms with van der Waals surface area (Å²) in [6, 6.07) is 15.8. The molecule has 3 aromatic rings. The van der Waals surface area contributed by atoms with Crippen molar-refractivity contribution >= 4 is 23.2 Å². The number of aryl methyl sites for hydroxylation is 1. The van der Waals surface area contributed by atoms with E-state index in [4.69, 9.17) is 9.15 Å². The molecule has 0 saturated heterocycles. The van der Waals surface area contributed by atoms with Crippen molar-refractivity contribution in [2.75, 3.05) is 17.7 Å². The summed E-state index contributed by atoms with van der Waals surface area (Å²) in [4.78, 5) is 24.7. The summed E-state index contributed by atoms with van der Waals surface area (Å²) in [7, 11) is 1.63. The van der Waals surface area contributed by atoms with Crippen LogP contribution in [-0.4, -0.2) is 18.9 Å². The van der Waals surface area contributed by atoms with E-state index in [1.54, 1.807) is 37.4 Å². The van der Waals surface area contributed by atoms with Gasteiger partial charge in [0, 0.05) is 24.0 Å². The molecule has 2 aromatic carbocycles. The molecule has 0 aliphatic carbocycles. The Bertz CT molecular complexity index is 931. The smallest absolute Gasteiger partial charge is 0.291 e. The van der Waals surface area contributed by atoms with E-state index in [2.05, 4.69) is 10.6 Å². The van der Waals surface area contributed by atoms with Crippen LogP contribution >= 0.6 is 0 Å². The van der Waals surface area contributed by atoms with Crippen LogP contribution in [0.25, 0.3) is 0 Å². The van der Waals surface area contributed by atoms with Gasteiger partial charge in [-0.2, -0.15) is 0 Å². The minimum Gasteiger partial charge on any atom is -0.459 e. The highest BCUT2D eigenvalue weighted by molar-refractivity contribution is 6.07. The maximum Gasteiger partial charge on any atom is 0.291 e. The Labute approximate surface area is 157 Å². The molecule has 0 spiro atoms. The molecule has 1 aromatic heterocycles. The molecule has 3 rings (SSSR count). The molecule has 0 unspecified atom stereocenters. The predicted molar refractivity (Wildman–Crippen MR) is 103 cm³/mol. The summed E-state index contributed by atoms with van der Waals surface area (Å²) < 4.78 is 10.2. The molecule has 0 aliphatic rings. The number of nitrogens with one attached hydrogen (secondary N) is 2. The van der Waals surface area contributed by atoms with Crippen molar-refractivity contribution in [1.29, 1.82) is 0 Å². The van der Waals surface area contributed by atoms with Crippen molar-refractivity contribution in [3.8, 4) is 0 Å². The zero-order chi connectivity index (χ0) is 19.2. The number of benzene rings is 2. The molecule has 0 aliphatic heterocycles. The molecule has 2 N–H and O–H groups in total. The van der Waals surface area contributed by atoms with Gasteiger partial charge in [-0.1, -0.05) is 18.2 Å². The van der Waals surface area contributed by atoms with Crippen LogP contribution in [0.4, 0.5) is 11.4 Å². The monoisotopic (exact) mass is 364 g/mol. The molecule has 6 nitrogen and oxygen atoms in total. The van der Waals surface area contributed by atoms with Gasteiger partial charge in [-0.05, 0) is 54.4 Å². The van der Waals surface area contributed by atoms with Crippen molar-refractivity contribution in [2.45, 2.75) is 13.5 Å². The lowest BCUT2D eigenvalue weighted by atomic mass is 10.1. The summed E-state index contributed by atoms with van der Waals surface area (Å²) in [6.07, 6.45) is 1.43. The van der Waals surface area contributed by atoms with Gasteiger partial charge >= 0.3 is 0 Å². The third kappa shape index (κ3) is 4.62. The van der Waals surface area contributed by atoms with Crippen LogP contribution in [0.3, 0.4) is 0 Å². The molecule has 0 atom stereocenters. The SMILES string of the molecule is COCc1ccc(NC(=O)c2ccc(C)c(NC(=O)c3ccco3)c2)cc1. The number of methoxy groups -OCH3 is 1. The van der Waals surface area contributed by atoms with Crippen molar-refractivity contribution in [1.82, 2.24) is 0 Å². The number of hydrogen-bond donors (Lipinski definition) is 2. The molecule has 2 amide bonds. The maximum atomic E-state index is 12.5. The van der Waals surface area contributed by atoms with Crippen LogP contribution in [0.2, 0.25) is 0 Å². The predicted octanol–water partition coefficient (Wildman–Crippen LogP) is 4.24. The van der Waals surface area contributed by atoms with Crippen LogP contribution in [0.5, 0.6) is 0 Å². The van der Waals surface area contributed by atoms with Gasteiger partial charge in [0.25, 0.3) is 11.8 Å². The molecule has 6 heteroatoms. The van der Waals surface area contributed by atoms with Gasteiger partial charge in [0.05, 0.1) is 12.9 Å². The first-order valence-electron chi connectivity index (χ1n) is 8.41. The molecule has 0 saturated carbocycles. The van der Waals surface area contributed by atoms with Gasteiger partial charge in [-0.25, -0.2) is 0 Å². The first-order valence-corrected chi connectivity index (χ1v) is 8.41. The van der Waals surface area contributed by atoms with Gasteiger partial charge in [0.1, 0.15) is 0 Å². The maximum absolute atomic E-state index is 12.5. The Hall–Kier alpha value is -3.38. The van der Waals surface area contributed by atoms with E-state index < -0.39 is 0 Å². The number of amides is 2. The standard InChI is InChI=1S/C21H20N2O4/c1-14-5-8-16(12-18(14)23-21(25)19-4-3-11-27-19)20(24)22-17-9-6-15(7-10-17)13-26-2/h3-12H,13H2,1-2H3,(H,22,24)(H,23,25). The Morgan fingerprint density at radius 1 is 1.00 bits per heavy atom. The minimum atomic E-state index is -0.366. The van der Waals surface area contributed by atoms with Crippen LogP contribution in [0.15, 0.2) is 65.3 Å². The third-order valence-corrected chi connectivity index (χ3v) is 4.02. The Kier molecular flexibility index (Phi) is 5.68. The van der Waals surface area contributed by atoms with Crippen LogP contribution < -0.4 is 10.6 Å². The minimum absolute atomic E-state index is 0.209. The van der Waals surface area contributed by atoms with E-state index in [0.29, 0.717) is 23.5 Å². The number of furan rings is 1. The average Bonchev–Trinajstić information content (AvgIpc) is 3.20. The van der Waals surface area contributed by atoms with Gasteiger partial charge in [-0.15, -0.1) is 0 Å². The molecular weight excluding hydrogens is 344 g/mol. The highest BCUT2D eigenvalue weighted by atomic mass is 16.5. The number of hydrogen-bond acceptors (Lipinski definition) is 4. The number of carbonyl (C=O) groups is 2. The van der Waals surface area contributed by atoms with Gasteiger partial charge in [-0.3, -0.25) is 9.59 Å². The highest BCUT2D eigenvalue weighted by Crippen LogP contribution is 2.20. The van der Waals surface area contributed by atoms with Crippen molar-refractivity contribution in [2.24, 2.45) is 0 Å². The van der Waals surface area contributed by atoms with Crippen molar-refractivity contribution in [3.63, 3.8) is 0 Å². The van der Waals surface area contributed by atoms with Crippen LogP contribution in [-0.2, 0) is 11.3 Å². The largest absolute Gasteiger partial charge is 0.459 e. The lowest BCUT2D eigenvalue weighted by Gasteiger charge is -2.11. The van der Waals surface area contributed by atoms with Crippen LogP contribution in [0, 0.1) is 6.92 Å². The third-order valence-electron chi connectivity index (χ3n) is 4.02. The quantitative estimate of drug-likeness (QED) is 0.686. The van der Waals surface area contributed by atoms with Crippen molar-refractivity contribution in [3.05, 3.63) is 83.3 Å². The van der Waals surface area contributed by atoms with E-state index >= 15 is 0 Å². The van der Waals surface area contributed by atoms with Gasteiger partial charge in [0.2, 0.25) is 0 Å². The first-order chi connectivity index (χ1) is 13.1. The molecule has 0 radical (unpaired) electrons. The number of ether oxygens (including phenoxy) is 1. The first kappa shape index (κ1) is 18.4. The summed E-state index contributed by atoms with van der Waals surface area (Å²) >= 11 is 0.